The van der Waals surface area contributed by atoms with Gasteiger partial charge in [0.25, 0.3) is 5.56 Å². The van der Waals surface area contributed by atoms with Gasteiger partial charge in [-0.05, 0) is 24.8 Å². The zero-order valence-corrected chi connectivity index (χ0v) is 16.1. The maximum Gasteiger partial charge on any atom is 0.302 e. The SMILES string of the molecule is CC(=O)N1CCC(CN2C=C(Oc3nc4cnccc4c(=O)[nH]3)CN2C)CC1. The number of carbonyl (C=O) groups excluding carboxylic acids is 1. The largest absolute Gasteiger partial charge is 0.427 e. The van der Waals surface area contributed by atoms with Gasteiger partial charge in [-0.2, -0.15) is 4.98 Å². The maximum absolute atomic E-state index is 12.2. The topological polar surface area (TPSA) is 94.7 Å². The number of nitrogens with one attached hydrogen (secondary N) is 1. The summed E-state index contributed by atoms with van der Waals surface area (Å²) in [6.45, 7) is 4.74. The van der Waals surface area contributed by atoms with Crippen molar-refractivity contribution in [1.29, 1.82) is 0 Å². The number of pyridine rings is 1. The summed E-state index contributed by atoms with van der Waals surface area (Å²) in [6, 6.07) is 1.80. The number of aromatic amines is 1. The minimum atomic E-state index is -0.247. The molecule has 148 valence electrons. The molecule has 1 amide bonds. The Bertz CT molecular complexity index is 964. The van der Waals surface area contributed by atoms with Gasteiger partial charge in [0.1, 0.15) is 5.76 Å². The van der Waals surface area contributed by atoms with Crippen LogP contribution >= 0.6 is 0 Å². The van der Waals surface area contributed by atoms with Crippen LogP contribution in [0, 0.1) is 5.92 Å². The first-order valence-electron chi connectivity index (χ1n) is 9.45. The first kappa shape index (κ1) is 18.4. The lowest BCUT2D eigenvalue weighted by Crippen LogP contribution is -2.42. The van der Waals surface area contributed by atoms with Gasteiger partial charge in [0.15, 0.2) is 0 Å². The van der Waals surface area contributed by atoms with E-state index < -0.39 is 0 Å². The summed E-state index contributed by atoms with van der Waals surface area (Å²) in [5.74, 6) is 1.40. The van der Waals surface area contributed by atoms with Crippen molar-refractivity contribution < 1.29 is 9.53 Å². The maximum atomic E-state index is 12.2. The Morgan fingerprint density at radius 2 is 2.14 bits per heavy atom. The van der Waals surface area contributed by atoms with Crippen LogP contribution in [0.2, 0.25) is 0 Å². The second kappa shape index (κ2) is 7.59. The minimum absolute atomic E-state index is 0.152. The van der Waals surface area contributed by atoms with E-state index in [4.69, 9.17) is 4.74 Å². The van der Waals surface area contributed by atoms with Crippen LogP contribution in [0.4, 0.5) is 0 Å². The lowest BCUT2D eigenvalue weighted by Gasteiger charge is -2.35. The van der Waals surface area contributed by atoms with Crippen LogP contribution in [0.1, 0.15) is 19.8 Å². The molecule has 1 saturated heterocycles. The van der Waals surface area contributed by atoms with Crippen LogP contribution in [0.5, 0.6) is 6.01 Å². The molecule has 2 aliphatic heterocycles. The average Bonchev–Trinajstić information content (AvgIpc) is 3.01. The smallest absolute Gasteiger partial charge is 0.302 e. The number of hydrazine groups is 1. The molecule has 0 radical (unpaired) electrons. The molecule has 0 saturated carbocycles. The van der Waals surface area contributed by atoms with Gasteiger partial charge in [0.05, 0.1) is 29.8 Å². The quantitative estimate of drug-likeness (QED) is 0.839. The monoisotopic (exact) mass is 384 g/mol. The zero-order valence-electron chi connectivity index (χ0n) is 16.1. The summed E-state index contributed by atoms with van der Waals surface area (Å²) in [4.78, 5) is 36.6. The Hall–Kier alpha value is -2.94. The summed E-state index contributed by atoms with van der Waals surface area (Å²) in [5, 5.41) is 4.69. The fourth-order valence-corrected chi connectivity index (χ4v) is 3.71. The number of rotatable bonds is 4. The van der Waals surface area contributed by atoms with Crippen molar-refractivity contribution >= 4 is 16.8 Å². The lowest BCUT2D eigenvalue weighted by molar-refractivity contribution is -0.130. The van der Waals surface area contributed by atoms with Crippen molar-refractivity contribution in [3.05, 3.63) is 40.8 Å². The van der Waals surface area contributed by atoms with Crippen molar-refractivity contribution in [3.8, 4) is 6.01 Å². The van der Waals surface area contributed by atoms with Crippen LogP contribution in [0.25, 0.3) is 10.9 Å². The van der Waals surface area contributed by atoms with E-state index in [9.17, 15) is 9.59 Å². The molecular weight excluding hydrogens is 360 g/mol. The van der Waals surface area contributed by atoms with E-state index in [1.54, 1.807) is 25.4 Å². The number of hydrogen-bond acceptors (Lipinski definition) is 7. The van der Waals surface area contributed by atoms with Gasteiger partial charge < -0.3 is 14.6 Å². The van der Waals surface area contributed by atoms with Crippen LogP contribution in [-0.4, -0.2) is 69.0 Å². The van der Waals surface area contributed by atoms with Gasteiger partial charge in [-0.1, -0.05) is 0 Å². The fourth-order valence-electron chi connectivity index (χ4n) is 3.71. The van der Waals surface area contributed by atoms with Crippen molar-refractivity contribution in [1.82, 2.24) is 29.9 Å². The van der Waals surface area contributed by atoms with Crippen molar-refractivity contribution in [2.45, 2.75) is 19.8 Å². The first-order valence-corrected chi connectivity index (χ1v) is 9.45. The molecule has 9 nitrogen and oxygen atoms in total. The Labute approximate surface area is 162 Å². The number of H-pyrrole nitrogens is 1. The number of piperidine rings is 1. The second-order valence-electron chi connectivity index (χ2n) is 7.35. The van der Waals surface area contributed by atoms with Crippen molar-refractivity contribution in [2.24, 2.45) is 5.92 Å². The highest BCUT2D eigenvalue weighted by atomic mass is 16.5. The molecule has 0 aliphatic carbocycles. The molecule has 0 spiro atoms. The number of hydrogen-bond donors (Lipinski definition) is 1. The molecule has 28 heavy (non-hydrogen) atoms. The Balaban J connectivity index is 1.41. The van der Waals surface area contributed by atoms with E-state index in [1.165, 1.54) is 0 Å². The number of likely N-dealkylation sites (N-methyl/N-ethyl adjacent to an activating group) is 1. The Morgan fingerprint density at radius 3 is 2.89 bits per heavy atom. The molecule has 0 aromatic carbocycles. The van der Waals surface area contributed by atoms with Gasteiger partial charge in [0, 0.05) is 39.8 Å². The summed E-state index contributed by atoms with van der Waals surface area (Å²) in [5.41, 5.74) is 0.255. The van der Waals surface area contributed by atoms with E-state index >= 15 is 0 Å². The number of amides is 1. The second-order valence-corrected chi connectivity index (χ2v) is 7.35. The molecule has 2 aromatic rings. The third kappa shape index (κ3) is 3.84. The van der Waals surface area contributed by atoms with Gasteiger partial charge in [0.2, 0.25) is 5.91 Å². The summed E-state index contributed by atoms with van der Waals surface area (Å²) in [7, 11) is 2.00. The molecule has 2 aromatic heterocycles. The molecule has 1 N–H and O–H groups in total. The first-order chi connectivity index (χ1) is 13.5. The predicted octanol–water partition coefficient (Wildman–Crippen LogP) is 0.959. The molecule has 9 heteroatoms. The average molecular weight is 384 g/mol. The highest BCUT2D eigenvalue weighted by Gasteiger charge is 2.26. The van der Waals surface area contributed by atoms with Crippen molar-refractivity contribution in [3.63, 3.8) is 0 Å². The highest BCUT2D eigenvalue weighted by molar-refractivity contribution is 5.76. The van der Waals surface area contributed by atoms with Crippen LogP contribution in [-0.2, 0) is 4.79 Å². The number of fused-ring (bicyclic) bond motifs is 1. The van der Waals surface area contributed by atoms with Crippen LogP contribution in [0.15, 0.2) is 35.2 Å². The number of carbonyl (C=O) groups is 1. The third-order valence-corrected chi connectivity index (χ3v) is 5.34. The summed E-state index contributed by atoms with van der Waals surface area (Å²) >= 11 is 0. The number of likely N-dealkylation sites (tertiary alicyclic amines) is 1. The summed E-state index contributed by atoms with van der Waals surface area (Å²) in [6.07, 6.45) is 7.06. The molecule has 4 heterocycles. The minimum Gasteiger partial charge on any atom is -0.427 e. The third-order valence-electron chi connectivity index (χ3n) is 5.34. The van der Waals surface area contributed by atoms with Gasteiger partial charge in [-0.25, -0.2) is 5.01 Å². The predicted molar refractivity (Wildman–Crippen MR) is 103 cm³/mol. The zero-order chi connectivity index (χ0) is 19.7. The van der Waals surface area contributed by atoms with Crippen molar-refractivity contribution in [2.75, 3.05) is 33.2 Å². The van der Waals surface area contributed by atoms with Crippen LogP contribution in [0.3, 0.4) is 0 Å². The normalized spacial score (nSPS) is 18.6. The van der Waals surface area contributed by atoms with E-state index in [1.807, 2.05) is 18.1 Å². The number of ether oxygens (including phenoxy) is 1. The standard InChI is InChI=1S/C19H24N6O3/c1-13(26)24-7-4-14(5-8-24)10-25-12-15(11-23(25)2)28-19-21-17-9-20-6-3-16(17)18(27)22-19/h3,6,9,12,14H,4-5,7-8,10-11H2,1-2H3,(H,21,22,27). The fraction of sp³-hybridized carbons (Fsp3) is 0.474. The molecular formula is C19H24N6O3. The highest BCUT2D eigenvalue weighted by Crippen LogP contribution is 2.23. The number of nitrogens with zero attached hydrogens (tertiary/aromatic N) is 5. The molecule has 2 aliphatic rings. The van der Waals surface area contributed by atoms with Gasteiger partial charge in [-0.15, -0.1) is 0 Å². The Morgan fingerprint density at radius 1 is 1.36 bits per heavy atom. The van der Waals surface area contributed by atoms with E-state index in [2.05, 4.69) is 25.0 Å². The van der Waals surface area contributed by atoms with E-state index in [0.29, 0.717) is 23.4 Å². The molecule has 4 rings (SSSR count). The van der Waals surface area contributed by atoms with E-state index in [0.717, 1.165) is 38.2 Å². The van der Waals surface area contributed by atoms with Gasteiger partial charge >= 0.3 is 6.01 Å². The lowest BCUT2D eigenvalue weighted by atomic mass is 9.96. The van der Waals surface area contributed by atoms with Gasteiger partial charge in [-0.3, -0.25) is 19.6 Å². The van der Waals surface area contributed by atoms with Crippen LogP contribution < -0.4 is 10.3 Å². The molecule has 0 atom stereocenters. The molecule has 0 unspecified atom stereocenters. The summed E-state index contributed by atoms with van der Waals surface area (Å²) < 4.78 is 5.83. The molecule has 0 bridgehead atoms. The number of aromatic nitrogens is 3. The van der Waals surface area contributed by atoms with E-state index in [-0.39, 0.29) is 17.5 Å². The molecule has 1 fully saturated rings. The Kier molecular flexibility index (Phi) is 4.99.